The molecule has 3 rings (SSSR count). The maximum atomic E-state index is 12.5. The summed E-state index contributed by atoms with van der Waals surface area (Å²) >= 11 is 0. The maximum absolute atomic E-state index is 12.5. The summed E-state index contributed by atoms with van der Waals surface area (Å²) < 4.78 is 35.9. The topological polar surface area (TPSA) is 57.5 Å². The van der Waals surface area contributed by atoms with E-state index in [9.17, 15) is 18.4 Å². The minimum Gasteiger partial charge on any atom is -0.457 e. The van der Waals surface area contributed by atoms with Crippen LogP contribution in [0, 0.1) is 25.7 Å². The second-order valence-corrected chi connectivity index (χ2v) is 6.84. The molecular weight excluding hydrogens is 356 g/mol. The summed E-state index contributed by atoms with van der Waals surface area (Å²) in [7, 11) is 0. The third-order valence-corrected chi connectivity index (χ3v) is 4.81. The summed E-state index contributed by atoms with van der Waals surface area (Å²) in [6.45, 7) is 2.43. The van der Waals surface area contributed by atoms with Crippen LogP contribution in [0.2, 0.25) is 0 Å². The van der Waals surface area contributed by atoms with Gasteiger partial charge in [-0.05, 0) is 56.5 Å². The summed E-state index contributed by atoms with van der Waals surface area (Å²) in [5.74, 6) is -0.282. The number of Topliss-reactive ketones (excluding diaryl/α,β-unsaturated/α-hetero) is 1. The van der Waals surface area contributed by atoms with E-state index in [2.05, 4.69) is 4.74 Å². The number of carbonyl (C=O) groups is 2. The molecule has 0 saturated heterocycles. The normalized spacial score (nSPS) is 18.4. The van der Waals surface area contributed by atoms with Crippen molar-refractivity contribution in [2.75, 3.05) is 6.61 Å². The molecule has 1 aromatic carbocycles. The summed E-state index contributed by atoms with van der Waals surface area (Å²) in [4.78, 5) is 24.3. The molecule has 5 nitrogen and oxygen atoms in total. The predicted molar refractivity (Wildman–Crippen MR) is 94.4 cm³/mol. The lowest BCUT2D eigenvalue weighted by Gasteiger charge is -2.11. The molecule has 0 unspecified atom stereocenters. The van der Waals surface area contributed by atoms with Gasteiger partial charge in [-0.15, -0.1) is 0 Å². The van der Waals surface area contributed by atoms with E-state index in [0.717, 1.165) is 17.8 Å². The highest BCUT2D eigenvalue weighted by atomic mass is 19.3. The van der Waals surface area contributed by atoms with Crippen LogP contribution in [-0.2, 0) is 9.53 Å². The second-order valence-electron chi connectivity index (χ2n) is 6.84. The van der Waals surface area contributed by atoms with Crippen LogP contribution in [0.4, 0.5) is 8.78 Å². The SMILES string of the molecule is Cc1cc(C(=O)COC(=O)[C@H]2C[C@@H]2C)c(C)n1-c1ccc(OC(F)F)cc1. The number of ether oxygens (including phenoxy) is 2. The van der Waals surface area contributed by atoms with Gasteiger partial charge in [0.2, 0.25) is 5.78 Å². The van der Waals surface area contributed by atoms with E-state index in [1.807, 2.05) is 18.4 Å². The first kappa shape index (κ1) is 19.1. The number of benzene rings is 1. The van der Waals surface area contributed by atoms with Crippen molar-refractivity contribution in [3.8, 4) is 11.4 Å². The molecule has 0 bridgehead atoms. The standard InChI is InChI=1S/C20H21F2NO4/c1-11-8-16(11)19(25)26-10-18(24)17-9-12(2)23(13(17)3)14-4-6-15(7-5-14)27-20(21)22/h4-7,9,11,16,20H,8,10H2,1-3H3/t11-,16-/m0/s1. The van der Waals surface area contributed by atoms with Gasteiger partial charge >= 0.3 is 12.6 Å². The molecule has 1 fully saturated rings. The van der Waals surface area contributed by atoms with Gasteiger partial charge in [-0.25, -0.2) is 0 Å². The zero-order valence-electron chi connectivity index (χ0n) is 15.4. The predicted octanol–water partition coefficient (Wildman–Crippen LogP) is 4.08. The van der Waals surface area contributed by atoms with Crippen LogP contribution >= 0.6 is 0 Å². The molecule has 7 heteroatoms. The van der Waals surface area contributed by atoms with Crippen LogP contribution in [0.15, 0.2) is 30.3 Å². The van der Waals surface area contributed by atoms with Crippen LogP contribution in [0.25, 0.3) is 5.69 Å². The van der Waals surface area contributed by atoms with Crippen molar-refractivity contribution in [3.05, 3.63) is 47.3 Å². The lowest BCUT2D eigenvalue weighted by atomic mass is 10.1. The Morgan fingerprint density at radius 1 is 1.22 bits per heavy atom. The van der Waals surface area contributed by atoms with Gasteiger partial charge in [0.25, 0.3) is 0 Å². The lowest BCUT2D eigenvalue weighted by molar-refractivity contribution is -0.144. The fraction of sp³-hybridized carbons (Fsp3) is 0.400. The first-order valence-corrected chi connectivity index (χ1v) is 8.72. The zero-order valence-corrected chi connectivity index (χ0v) is 15.4. The summed E-state index contributed by atoms with van der Waals surface area (Å²) in [6.07, 6.45) is 0.812. The fourth-order valence-corrected chi connectivity index (χ4v) is 3.19. The average Bonchev–Trinajstić information content (AvgIpc) is 3.27. The molecule has 1 saturated carbocycles. The number of rotatable bonds is 7. The highest BCUT2D eigenvalue weighted by Gasteiger charge is 2.40. The van der Waals surface area contributed by atoms with Crippen molar-refractivity contribution >= 4 is 11.8 Å². The number of aromatic nitrogens is 1. The van der Waals surface area contributed by atoms with Gasteiger partial charge in [-0.3, -0.25) is 9.59 Å². The Labute approximate surface area is 155 Å². The van der Waals surface area contributed by atoms with E-state index in [1.54, 1.807) is 25.1 Å². The van der Waals surface area contributed by atoms with Crippen LogP contribution in [-0.4, -0.2) is 29.5 Å². The Morgan fingerprint density at radius 3 is 2.41 bits per heavy atom. The van der Waals surface area contributed by atoms with Crippen LogP contribution in [0.1, 0.15) is 35.1 Å². The minimum atomic E-state index is -2.88. The first-order valence-electron chi connectivity index (χ1n) is 8.72. The zero-order chi connectivity index (χ0) is 19.7. The Balaban J connectivity index is 1.74. The first-order chi connectivity index (χ1) is 12.8. The van der Waals surface area contributed by atoms with E-state index in [-0.39, 0.29) is 30.0 Å². The quantitative estimate of drug-likeness (QED) is 0.539. The number of ketones is 1. The smallest absolute Gasteiger partial charge is 0.387 e. The molecule has 0 N–H and O–H groups in total. The third kappa shape index (κ3) is 4.18. The molecule has 144 valence electrons. The largest absolute Gasteiger partial charge is 0.457 e. The number of aryl methyl sites for hydroxylation is 1. The number of carbonyl (C=O) groups excluding carboxylic acids is 2. The molecule has 0 spiro atoms. The highest BCUT2D eigenvalue weighted by Crippen LogP contribution is 2.38. The molecule has 2 aromatic rings. The van der Waals surface area contributed by atoms with Gasteiger partial charge in [0, 0.05) is 22.6 Å². The van der Waals surface area contributed by atoms with Gasteiger partial charge < -0.3 is 14.0 Å². The van der Waals surface area contributed by atoms with Crippen molar-refractivity contribution in [3.63, 3.8) is 0 Å². The maximum Gasteiger partial charge on any atom is 0.387 e. The van der Waals surface area contributed by atoms with Crippen LogP contribution in [0.5, 0.6) is 5.75 Å². The minimum absolute atomic E-state index is 0.0636. The van der Waals surface area contributed by atoms with E-state index in [4.69, 9.17) is 4.74 Å². The third-order valence-electron chi connectivity index (χ3n) is 4.81. The van der Waals surface area contributed by atoms with Crippen molar-refractivity contribution in [2.45, 2.75) is 33.8 Å². The van der Waals surface area contributed by atoms with Gasteiger partial charge in [0.1, 0.15) is 5.75 Å². The monoisotopic (exact) mass is 377 g/mol. The highest BCUT2D eigenvalue weighted by molar-refractivity contribution is 5.99. The fourth-order valence-electron chi connectivity index (χ4n) is 3.19. The molecular formula is C20H21F2NO4. The molecule has 1 aromatic heterocycles. The molecule has 0 aliphatic heterocycles. The molecule has 1 heterocycles. The van der Waals surface area contributed by atoms with Crippen molar-refractivity contribution in [2.24, 2.45) is 11.8 Å². The number of esters is 1. The number of halogens is 2. The van der Waals surface area contributed by atoms with Crippen molar-refractivity contribution in [1.82, 2.24) is 4.57 Å². The summed E-state index contributed by atoms with van der Waals surface area (Å²) in [6, 6.07) is 7.90. The van der Waals surface area contributed by atoms with Crippen molar-refractivity contribution in [1.29, 1.82) is 0 Å². The molecule has 1 aliphatic rings. The Morgan fingerprint density at radius 2 is 1.85 bits per heavy atom. The van der Waals surface area contributed by atoms with Gasteiger partial charge in [-0.2, -0.15) is 8.78 Å². The Bertz CT molecular complexity index is 858. The lowest BCUT2D eigenvalue weighted by Crippen LogP contribution is -2.16. The van der Waals surface area contributed by atoms with Gasteiger partial charge in [-0.1, -0.05) is 6.92 Å². The van der Waals surface area contributed by atoms with E-state index >= 15 is 0 Å². The molecule has 2 atom stereocenters. The van der Waals surface area contributed by atoms with E-state index < -0.39 is 6.61 Å². The molecule has 0 radical (unpaired) electrons. The Hall–Kier alpha value is -2.70. The molecule has 1 aliphatic carbocycles. The Kier molecular flexibility index (Phi) is 5.30. The molecule has 0 amide bonds. The number of hydrogen-bond donors (Lipinski definition) is 0. The second kappa shape index (κ2) is 7.50. The van der Waals surface area contributed by atoms with Gasteiger partial charge in [0.05, 0.1) is 5.92 Å². The van der Waals surface area contributed by atoms with E-state index in [0.29, 0.717) is 17.2 Å². The molecule has 27 heavy (non-hydrogen) atoms. The van der Waals surface area contributed by atoms with Crippen molar-refractivity contribution < 1.29 is 27.8 Å². The van der Waals surface area contributed by atoms with E-state index in [1.165, 1.54) is 12.1 Å². The number of alkyl halides is 2. The number of hydrogen-bond acceptors (Lipinski definition) is 4. The summed E-state index contributed by atoms with van der Waals surface area (Å²) in [5, 5.41) is 0. The van der Waals surface area contributed by atoms with Crippen LogP contribution in [0.3, 0.4) is 0 Å². The van der Waals surface area contributed by atoms with Gasteiger partial charge in [0.15, 0.2) is 6.61 Å². The van der Waals surface area contributed by atoms with Crippen LogP contribution < -0.4 is 4.74 Å². The summed E-state index contributed by atoms with van der Waals surface area (Å²) in [5.41, 5.74) is 2.68. The number of nitrogens with zero attached hydrogens (tertiary/aromatic N) is 1. The average molecular weight is 377 g/mol.